The number of carbonyl (C=O) groups excluding carboxylic acids is 1. The number of benzene rings is 1. The zero-order valence-corrected chi connectivity index (χ0v) is 22.1. The fraction of sp³-hybridized carbons (Fsp3) is 0.321. The van der Waals surface area contributed by atoms with E-state index in [0.29, 0.717) is 27.8 Å². The molecule has 1 aliphatic heterocycles. The maximum atomic E-state index is 13.0. The third-order valence-electron chi connectivity index (χ3n) is 7.14. The lowest BCUT2D eigenvalue weighted by Gasteiger charge is -2.39. The van der Waals surface area contributed by atoms with Crippen molar-refractivity contribution in [1.29, 1.82) is 0 Å². The topological polar surface area (TPSA) is 59.7 Å². The van der Waals surface area contributed by atoms with Crippen LogP contribution in [0.5, 0.6) is 5.75 Å². The van der Waals surface area contributed by atoms with Crippen LogP contribution >= 0.6 is 23.2 Å². The molecule has 4 aromatic rings. The van der Waals surface area contributed by atoms with Gasteiger partial charge in [0.2, 0.25) is 0 Å². The van der Waals surface area contributed by atoms with E-state index in [1.54, 1.807) is 24.0 Å². The summed E-state index contributed by atoms with van der Waals surface area (Å²) < 4.78 is 7.16. The van der Waals surface area contributed by atoms with Crippen molar-refractivity contribution in [2.45, 2.75) is 33.1 Å². The Hall–Kier alpha value is -3.09. The number of anilines is 1. The van der Waals surface area contributed by atoms with Crippen LogP contribution in [0.3, 0.4) is 0 Å². The number of hydrogen-bond donors (Lipinski definition) is 0. The highest BCUT2D eigenvalue weighted by Crippen LogP contribution is 2.38. The van der Waals surface area contributed by atoms with E-state index in [4.69, 9.17) is 32.9 Å². The van der Waals surface area contributed by atoms with Gasteiger partial charge in [0, 0.05) is 42.4 Å². The lowest BCUT2D eigenvalue weighted by atomic mass is 9.75. The molecule has 8 heteroatoms. The van der Waals surface area contributed by atoms with E-state index in [1.807, 2.05) is 43.5 Å². The van der Waals surface area contributed by atoms with Crippen LogP contribution in [0, 0.1) is 12.3 Å². The minimum atomic E-state index is -0.0639. The van der Waals surface area contributed by atoms with Gasteiger partial charge >= 0.3 is 0 Å². The molecule has 0 N–H and O–H groups in total. The molecule has 0 bridgehead atoms. The van der Waals surface area contributed by atoms with Crippen LogP contribution in [-0.2, 0) is 0 Å². The van der Waals surface area contributed by atoms with Crippen molar-refractivity contribution in [2.24, 2.45) is 5.41 Å². The molecule has 0 atom stereocenters. The molecule has 36 heavy (non-hydrogen) atoms. The summed E-state index contributed by atoms with van der Waals surface area (Å²) >= 11 is 12.7. The first-order valence-electron chi connectivity index (χ1n) is 12.0. The highest BCUT2D eigenvalue weighted by Gasteiger charge is 2.33. The fourth-order valence-corrected chi connectivity index (χ4v) is 5.37. The van der Waals surface area contributed by atoms with Crippen molar-refractivity contribution in [1.82, 2.24) is 14.6 Å². The van der Waals surface area contributed by atoms with Gasteiger partial charge in [-0.15, -0.1) is 0 Å². The van der Waals surface area contributed by atoms with Gasteiger partial charge in [-0.1, -0.05) is 41.8 Å². The molecule has 3 aromatic heterocycles. The first-order valence-corrected chi connectivity index (χ1v) is 12.7. The summed E-state index contributed by atoms with van der Waals surface area (Å²) in [7, 11) is 1.63. The number of aromatic nitrogens is 3. The van der Waals surface area contributed by atoms with Crippen molar-refractivity contribution in [3.63, 3.8) is 0 Å². The van der Waals surface area contributed by atoms with Crippen molar-refractivity contribution in [2.75, 3.05) is 25.1 Å². The van der Waals surface area contributed by atoms with Crippen LogP contribution in [0.4, 0.5) is 5.82 Å². The maximum absolute atomic E-state index is 13.0. The number of Topliss-reactive ketones (excluding diaryl/α,β-unsaturated/α-hetero) is 1. The van der Waals surface area contributed by atoms with Gasteiger partial charge in [0.25, 0.3) is 0 Å². The van der Waals surface area contributed by atoms with Crippen LogP contribution in [0.1, 0.15) is 42.1 Å². The Morgan fingerprint density at radius 2 is 1.86 bits per heavy atom. The summed E-state index contributed by atoms with van der Waals surface area (Å²) in [6, 6.07) is 11.7. The van der Waals surface area contributed by atoms with Crippen LogP contribution in [-0.4, -0.2) is 40.6 Å². The Bertz CT molecular complexity index is 1420. The van der Waals surface area contributed by atoms with Gasteiger partial charge in [0.1, 0.15) is 11.6 Å². The first kappa shape index (κ1) is 24.6. The van der Waals surface area contributed by atoms with Crippen molar-refractivity contribution < 1.29 is 9.53 Å². The van der Waals surface area contributed by atoms with Crippen molar-refractivity contribution in [3.8, 4) is 16.9 Å². The molecule has 1 aliphatic rings. The van der Waals surface area contributed by atoms with Crippen LogP contribution < -0.4 is 9.64 Å². The molecule has 0 spiro atoms. The van der Waals surface area contributed by atoms with Gasteiger partial charge in [-0.05, 0) is 55.5 Å². The Balaban J connectivity index is 1.29. The highest BCUT2D eigenvalue weighted by molar-refractivity contribution is 6.34. The number of methoxy groups -OCH3 is 1. The molecule has 0 aliphatic carbocycles. The Labute approximate surface area is 220 Å². The summed E-state index contributed by atoms with van der Waals surface area (Å²) in [5, 5.41) is 5.42. The van der Waals surface area contributed by atoms with Crippen molar-refractivity contribution >= 4 is 40.3 Å². The van der Waals surface area contributed by atoms with E-state index in [2.05, 4.69) is 23.0 Å². The van der Waals surface area contributed by atoms with Crippen LogP contribution in [0.25, 0.3) is 16.6 Å². The average molecular weight is 523 g/mol. The quantitative estimate of drug-likeness (QED) is 0.257. The molecule has 1 aromatic carbocycles. The predicted molar refractivity (Wildman–Crippen MR) is 145 cm³/mol. The van der Waals surface area contributed by atoms with Crippen LogP contribution in [0.2, 0.25) is 10.0 Å². The molecule has 0 unspecified atom stereocenters. The summed E-state index contributed by atoms with van der Waals surface area (Å²) in [5.74, 6) is 1.73. The van der Waals surface area contributed by atoms with Gasteiger partial charge in [-0.2, -0.15) is 5.10 Å². The number of rotatable bonds is 6. The molecule has 0 saturated carbocycles. The molecule has 0 radical (unpaired) electrons. The number of carbonyl (C=O) groups is 1. The summed E-state index contributed by atoms with van der Waals surface area (Å²) in [6.45, 7) is 5.86. The molecule has 0 amide bonds. The monoisotopic (exact) mass is 522 g/mol. The SMILES string of the molecule is COc1cc(-c2ccc(N3CCC(C)(CC(=O)c4cc(C)ccc4Cl)CC3)nc2)c2c(Cl)cnn2c1. The van der Waals surface area contributed by atoms with E-state index in [-0.39, 0.29) is 11.2 Å². The molecule has 1 fully saturated rings. The molecule has 4 heterocycles. The van der Waals surface area contributed by atoms with Gasteiger partial charge in [-0.3, -0.25) is 4.79 Å². The molecular formula is C28H28Cl2N4O2. The number of ether oxygens (including phenoxy) is 1. The summed E-state index contributed by atoms with van der Waals surface area (Å²) in [4.78, 5) is 20.1. The Morgan fingerprint density at radius 1 is 1.08 bits per heavy atom. The number of nitrogens with zero attached hydrogens (tertiary/aromatic N) is 4. The zero-order chi connectivity index (χ0) is 25.4. The number of pyridine rings is 2. The van der Waals surface area contributed by atoms with Gasteiger partial charge in [0.15, 0.2) is 5.78 Å². The van der Waals surface area contributed by atoms with E-state index < -0.39 is 0 Å². The number of ketones is 1. The normalized spacial score (nSPS) is 15.3. The molecule has 6 nitrogen and oxygen atoms in total. The lowest BCUT2D eigenvalue weighted by Crippen LogP contribution is -2.40. The fourth-order valence-electron chi connectivity index (χ4n) is 4.91. The minimum absolute atomic E-state index is 0.0639. The summed E-state index contributed by atoms with van der Waals surface area (Å²) in [6.07, 6.45) is 7.61. The second kappa shape index (κ2) is 9.75. The second-order valence-corrected chi connectivity index (χ2v) is 10.7. The van der Waals surface area contributed by atoms with Crippen molar-refractivity contribution in [3.05, 3.63) is 76.2 Å². The molecule has 5 rings (SSSR count). The molecular weight excluding hydrogens is 495 g/mol. The predicted octanol–water partition coefficient (Wildman–Crippen LogP) is 6.90. The maximum Gasteiger partial charge on any atom is 0.164 e. The summed E-state index contributed by atoms with van der Waals surface area (Å²) in [5.41, 5.74) is 4.28. The number of fused-ring (bicyclic) bond motifs is 1. The zero-order valence-electron chi connectivity index (χ0n) is 20.6. The largest absolute Gasteiger partial charge is 0.495 e. The van der Waals surface area contributed by atoms with Gasteiger partial charge < -0.3 is 9.64 Å². The smallest absolute Gasteiger partial charge is 0.164 e. The molecule has 186 valence electrons. The second-order valence-electron chi connectivity index (χ2n) is 9.87. The van der Waals surface area contributed by atoms with E-state index in [9.17, 15) is 4.79 Å². The highest BCUT2D eigenvalue weighted by atomic mass is 35.5. The lowest BCUT2D eigenvalue weighted by molar-refractivity contribution is 0.0898. The van der Waals surface area contributed by atoms with E-state index in [0.717, 1.165) is 54.0 Å². The minimum Gasteiger partial charge on any atom is -0.495 e. The third kappa shape index (κ3) is 4.80. The third-order valence-corrected chi connectivity index (χ3v) is 7.75. The van der Waals surface area contributed by atoms with Gasteiger partial charge in [0.05, 0.1) is 35.1 Å². The standard InChI is InChI=1S/C28H28Cl2N4O2/c1-18-4-6-23(29)22(12-18)25(35)14-28(2)8-10-33(11-9-28)26-7-5-19(15-31-26)21-13-20(36-3)17-34-27(21)24(30)16-32-34/h4-7,12-13,15-17H,8-11,14H2,1-3H3. The number of piperidine rings is 1. The van der Waals surface area contributed by atoms with E-state index >= 15 is 0 Å². The Kier molecular flexibility index (Phi) is 6.66. The van der Waals surface area contributed by atoms with E-state index in [1.165, 1.54) is 0 Å². The van der Waals surface area contributed by atoms with Gasteiger partial charge in [-0.25, -0.2) is 9.50 Å². The first-order chi connectivity index (χ1) is 17.3. The molecule has 1 saturated heterocycles. The number of hydrogen-bond acceptors (Lipinski definition) is 5. The Morgan fingerprint density at radius 3 is 2.56 bits per heavy atom. The average Bonchev–Trinajstić information content (AvgIpc) is 3.26. The number of halogens is 2. The van der Waals surface area contributed by atoms with Crippen LogP contribution in [0.15, 0.2) is 55.0 Å². The number of aryl methyl sites for hydroxylation is 1.